The largest absolute Gasteiger partial charge is 0.478 e. The van der Waals surface area contributed by atoms with Crippen molar-refractivity contribution in [2.75, 3.05) is 6.54 Å². The molecule has 0 saturated heterocycles. The summed E-state index contributed by atoms with van der Waals surface area (Å²) in [6.45, 7) is 4.79. The Balaban J connectivity index is 2.01. The molecule has 0 aliphatic rings. The van der Waals surface area contributed by atoms with Crippen molar-refractivity contribution in [2.24, 2.45) is 5.92 Å². The van der Waals surface area contributed by atoms with Gasteiger partial charge in [0, 0.05) is 12.5 Å². The first-order valence-corrected chi connectivity index (χ1v) is 8.12. The predicted octanol–water partition coefficient (Wildman–Crippen LogP) is 3.48. The summed E-state index contributed by atoms with van der Waals surface area (Å²) in [4.78, 5) is 23.5. The average Bonchev–Trinajstić information content (AvgIpc) is 2.56. The molecule has 0 spiro atoms. The maximum Gasteiger partial charge on any atom is 0.335 e. The number of hydrogen-bond donors (Lipinski definition) is 2. The molecule has 0 fully saturated rings. The van der Waals surface area contributed by atoms with Gasteiger partial charge in [-0.15, -0.1) is 0 Å². The van der Waals surface area contributed by atoms with E-state index in [1.165, 1.54) is 11.6 Å². The van der Waals surface area contributed by atoms with E-state index in [1.807, 2.05) is 18.2 Å². The third-order valence-electron chi connectivity index (χ3n) is 4.15. The van der Waals surface area contributed by atoms with Gasteiger partial charge in [-0.3, -0.25) is 4.79 Å². The Bertz CT molecular complexity index is 695. The van der Waals surface area contributed by atoms with Crippen LogP contribution in [0.3, 0.4) is 0 Å². The number of carbonyl (C=O) groups excluding carboxylic acids is 1. The van der Waals surface area contributed by atoms with E-state index in [-0.39, 0.29) is 23.8 Å². The standard InChI is InChI=1S/C20H23NO3/c1-14(2)18(15-8-4-3-5-9-15)13-21-19(22)12-16-10-6-7-11-17(16)20(23)24/h3-11,14,18H,12-13H2,1-2H3,(H,21,22)(H,23,24). The molecule has 0 aromatic heterocycles. The molecule has 2 N–H and O–H groups in total. The van der Waals surface area contributed by atoms with Gasteiger partial charge in [-0.25, -0.2) is 4.79 Å². The lowest BCUT2D eigenvalue weighted by Gasteiger charge is -2.22. The van der Waals surface area contributed by atoms with Gasteiger partial charge >= 0.3 is 5.97 Å². The molecule has 1 amide bonds. The zero-order chi connectivity index (χ0) is 17.5. The van der Waals surface area contributed by atoms with Gasteiger partial charge in [0.2, 0.25) is 5.91 Å². The first-order valence-electron chi connectivity index (χ1n) is 8.12. The molecular weight excluding hydrogens is 302 g/mol. The predicted molar refractivity (Wildman–Crippen MR) is 94.1 cm³/mol. The summed E-state index contributed by atoms with van der Waals surface area (Å²) < 4.78 is 0. The Labute approximate surface area is 142 Å². The molecule has 4 nitrogen and oxygen atoms in total. The van der Waals surface area contributed by atoms with Crippen LogP contribution in [0.4, 0.5) is 0 Å². The van der Waals surface area contributed by atoms with Crippen LogP contribution in [0, 0.1) is 5.92 Å². The van der Waals surface area contributed by atoms with Crippen LogP contribution in [-0.4, -0.2) is 23.5 Å². The minimum atomic E-state index is -1.01. The lowest BCUT2D eigenvalue weighted by Crippen LogP contribution is -2.31. The fraction of sp³-hybridized carbons (Fsp3) is 0.300. The third-order valence-corrected chi connectivity index (χ3v) is 4.15. The normalized spacial score (nSPS) is 12.0. The topological polar surface area (TPSA) is 66.4 Å². The first-order chi connectivity index (χ1) is 11.5. The Morgan fingerprint density at radius 2 is 1.62 bits per heavy atom. The maximum atomic E-state index is 12.2. The molecule has 0 saturated carbocycles. The Hall–Kier alpha value is -2.62. The summed E-state index contributed by atoms with van der Waals surface area (Å²) in [7, 11) is 0. The minimum absolute atomic E-state index is 0.0715. The molecule has 0 aliphatic carbocycles. The van der Waals surface area contributed by atoms with Crippen molar-refractivity contribution in [2.45, 2.75) is 26.2 Å². The van der Waals surface area contributed by atoms with Gasteiger partial charge in [-0.2, -0.15) is 0 Å². The van der Waals surface area contributed by atoms with E-state index in [1.54, 1.807) is 18.2 Å². The number of benzene rings is 2. The highest BCUT2D eigenvalue weighted by molar-refractivity contribution is 5.91. The van der Waals surface area contributed by atoms with Crippen molar-refractivity contribution in [3.63, 3.8) is 0 Å². The fourth-order valence-electron chi connectivity index (χ4n) is 2.78. The summed E-state index contributed by atoms with van der Waals surface area (Å²) in [5.74, 6) is -0.558. The highest BCUT2D eigenvalue weighted by Gasteiger charge is 2.18. The number of rotatable bonds is 7. The van der Waals surface area contributed by atoms with E-state index in [4.69, 9.17) is 0 Å². The van der Waals surface area contributed by atoms with Crippen LogP contribution in [-0.2, 0) is 11.2 Å². The Kier molecular flexibility index (Phi) is 6.13. The van der Waals surface area contributed by atoms with Crippen LogP contribution >= 0.6 is 0 Å². The number of nitrogens with one attached hydrogen (secondary N) is 1. The molecule has 0 heterocycles. The van der Waals surface area contributed by atoms with Gasteiger partial charge in [0.25, 0.3) is 0 Å². The number of aromatic carboxylic acids is 1. The van der Waals surface area contributed by atoms with E-state index in [0.29, 0.717) is 18.0 Å². The molecule has 4 heteroatoms. The van der Waals surface area contributed by atoms with Crippen molar-refractivity contribution in [3.8, 4) is 0 Å². The van der Waals surface area contributed by atoms with Gasteiger partial charge in [-0.05, 0) is 23.1 Å². The van der Waals surface area contributed by atoms with Crippen LogP contribution in [0.5, 0.6) is 0 Å². The quantitative estimate of drug-likeness (QED) is 0.819. The summed E-state index contributed by atoms with van der Waals surface area (Å²) in [6, 6.07) is 16.7. The van der Waals surface area contributed by atoms with Gasteiger partial charge in [0.15, 0.2) is 0 Å². The van der Waals surface area contributed by atoms with E-state index in [0.717, 1.165) is 0 Å². The molecule has 2 aromatic rings. The second-order valence-corrected chi connectivity index (χ2v) is 6.20. The lowest BCUT2D eigenvalue weighted by atomic mass is 9.88. The zero-order valence-corrected chi connectivity index (χ0v) is 14.0. The molecule has 24 heavy (non-hydrogen) atoms. The summed E-state index contributed by atoms with van der Waals surface area (Å²) in [5.41, 5.74) is 1.90. The van der Waals surface area contributed by atoms with Crippen LogP contribution < -0.4 is 5.32 Å². The maximum absolute atomic E-state index is 12.2. The SMILES string of the molecule is CC(C)C(CNC(=O)Cc1ccccc1C(=O)O)c1ccccc1. The van der Waals surface area contributed by atoms with Crippen LogP contribution in [0.25, 0.3) is 0 Å². The summed E-state index contributed by atoms with van der Waals surface area (Å²) in [5, 5.41) is 12.1. The molecule has 0 bridgehead atoms. The third kappa shape index (κ3) is 4.69. The fourth-order valence-corrected chi connectivity index (χ4v) is 2.78. The van der Waals surface area contributed by atoms with Crippen molar-refractivity contribution >= 4 is 11.9 Å². The van der Waals surface area contributed by atoms with Gasteiger partial charge in [0.05, 0.1) is 12.0 Å². The number of hydrogen-bond acceptors (Lipinski definition) is 2. The second kappa shape index (κ2) is 8.29. The second-order valence-electron chi connectivity index (χ2n) is 6.20. The van der Waals surface area contributed by atoms with Crippen molar-refractivity contribution < 1.29 is 14.7 Å². The van der Waals surface area contributed by atoms with E-state index >= 15 is 0 Å². The van der Waals surface area contributed by atoms with Gasteiger partial charge < -0.3 is 10.4 Å². The molecule has 1 unspecified atom stereocenters. The average molecular weight is 325 g/mol. The van der Waals surface area contributed by atoms with E-state index < -0.39 is 5.97 Å². The molecule has 2 rings (SSSR count). The Morgan fingerprint density at radius 3 is 2.25 bits per heavy atom. The highest BCUT2D eigenvalue weighted by atomic mass is 16.4. The van der Waals surface area contributed by atoms with Gasteiger partial charge in [0.1, 0.15) is 0 Å². The van der Waals surface area contributed by atoms with Crippen molar-refractivity contribution in [1.82, 2.24) is 5.32 Å². The number of carboxylic acid groups (broad SMARTS) is 1. The van der Waals surface area contributed by atoms with Crippen molar-refractivity contribution in [1.29, 1.82) is 0 Å². The summed E-state index contributed by atoms with van der Waals surface area (Å²) >= 11 is 0. The van der Waals surface area contributed by atoms with E-state index in [9.17, 15) is 14.7 Å². The minimum Gasteiger partial charge on any atom is -0.478 e. The van der Waals surface area contributed by atoms with Crippen molar-refractivity contribution in [3.05, 3.63) is 71.3 Å². The van der Waals surface area contributed by atoms with E-state index in [2.05, 4.69) is 31.3 Å². The number of amides is 1. The lowest BCUT2D eigenvalue weighted by molar-refractivity contribution is -0.120. The number of carboxylic acids is 1. The first kappa shape index (κ1) is 17.7. The molecule has 126 valence electrons. The molecule has 0 radical (unpaired) electrons. The molecule has 1 atom stereocenters. The van der Waals surface area contributed by atoms with Crippen LogP contribution in [0.15, 0.2) is 54.6 Å². The van der Waals surface area contributed by atoms with Crippen LogP contribution in [0.2, 0.25) is 0 Å². The highest BCUT2D eigenvalue weighted by Crippen LogP contribution is 2.23. The zero-order valence-electron chi connectivity index (χ0n) is 14.0. The van der Waals surface area contributed by atoms with Crippen LogP contribution in [0.1, 0.15) is 41.3 Å². The number of carbonyl (C=O) groups is 2. The monoisotopic (exact) mass is 325 g/mol. The molecule has 2 aromatic carbocycles. The Morgan fingerprint density at radius 1 is 1.00 bits per heavy atom. The summed E-state index contributed by atoms with van der Waals surface area (Å²) in [6.07, 6.45) is 0.0715. The van der Waals surface area contributed by atoms with Gasteiger partial charge in [-0.1, -0.05) is 62.4 Å². The molecular formula is C20H23NO3. The smallest absolute Gasteiger partial charge is 0.335 e. The molecule has 0 aliphatic heterocycles.